The van der Waals surface area contributed by atoms with Crippen LogP contribution in [0.2, 0.25) is 0 Å². The topological polar surface area (TPSA) is 53.4 Å². The molecule has 1 N–H and O–H groups in total. The van der Waals surface area contributed by atoms with Gasteiger partial charge in [-0.2, -0.15) is 0 Å². The smallest absolute Gasteiger partial charge is 0.255 e. The van der Waals surface area contributed by atoms with E-state index in [0.29, 0.717) is 18.7 Å². The van der Waals surface area contributed by atoms with Gasteiger partial charge in [0.15, 0.2) is 0 Å². The van der Waals surface area contributed by atoms with Crippen LogP contribution in [0.25, 0.3) is 0 Å². The van der Waals surface area contributed by atoms with Crippen LogP contribution in [-0.2, 0) is 0 Å². The van der Waals surface area contributed by atoms with Gasteiger partial charge in [0, 0.05) is 25.5 Å². The predicted molar refractivity (Wildman–Crippen MR) is 62.3 cm³/mol. The minimum Gasteiger partial charge on any atom is -0.395 e. The van der Waals surface area contributed by atoms with Crippen molar-refractivity contribution in [2.24, 2.45) is 0 Å². The molecule has 4 nitrogen and oxygen atoms in total. The molecule has 1 amide bonds. The SMILES string of the molecule is CCCN(CCO)C(=O)c1cncc(C)c1. The summed E-state index contributed by atoms with van der Waals surface area (Å²) in [6.45, 7) is 4.94. The molecule has 1 aromatic rings. The number of pyridine rings is 1. The van der Waals surface area contributed by atoms with Gasteiger partial charge in [0.1, 0.15) is 0 Å². The number of nitrogens with zero attached hydrogens (tertiary/aromatic N) is 2. The van der Waals surface area contributed by atoms with Crippen molar-refractivity contribution in [2.75, 3.05) is 19.7 Å². The van der Waals surface area contributed by atoms with Crippen LogP contribution in [0.1, 0.15) is 29.3 Å². The van der Waals surface area contributed by atoms with Crippen molar-refractivity contribution >= 4 is 5.91 Å². The van der Waals surface area contributed by atoms with Gasteiger partial charge in [-0.05, 0) is 25.0 Å². The number of carbonyl (C=O) groups is 1. The molecule has 1 heterocycles. The summed E-state index contributed by atoms with van der Waals surface area (Å²) >= 11 is 0. The van der Waals surface area contributed by atoms with Gasteiger partial charge < -0.3 is 10.0 Å². The van der Waals surface area contributed by atoms with E-state index in [-0.39, 0.29) is 12.5 Å². The Bertz CT molecular complexity index is 347. The van der Waals surface area contributed by atoms with Gasteiger partial charge in [0.2, 0.25) is 0 Å². The molecule has 0 saturated heterocycles. The van der Waals surface area contributed by atoms with Crippen molar-refractivity contribution < 1.29 is 9.90 Å². The van der Waals surface area contributed by atoms with Gasteiger partial charge in [0.05, 0.1) is 12.2 Å². The molecule has 0 aliphatic carbocycles. The lowest BCUT2D eigenvalue weighted by molar-refractivity contribution is 0.0721. The number of aromatic nitrogens is 1. The van der Waals surface area contributed by atoms with Gasteiger partial charge in [-0.1, -0.05) is 6.92 Å². The van der Waals surface area contributed by atoms with Crippen LogP contribution < -0.4 is 0 Å². The molecule has 0 aliphatic heterocycles. The van der Waals surface area contributed by atoms with Crippen LogP contribution in [0.4, 0.5) is 0 Å². The molecule has 16 heavy (non-hydrogen) atoms. The molecule has 0 saturated carbocycles. The molecular formula is C12H18N2O2. The molecule has 0 bridgehead atoms. The van der Waals surface area contributed by atoms with E-state index < -0.39 is 0 Å². The van der Waals surface area contributed by atoms with Gasteiger partial charge in [0.25, 0.3) is 5.91 Å². The standard InChI is InChI=1S/C12H18N2O2/c1-3-4-14(5-6-15)12(16)11-7-10(2)8-13-9-11/h7-9,15H,3-6H2,1-2H3. The third-order valence-electron chi connectivity index (χ3n) is 2.27. The second-order valence-corrected chi connectivity index (χ2v) is 3.77. The summed E-state index contributed by atoms with van der Waals surface area (Å²) in [5.74, 6) is -0.0629. The molecular weight excluding hydrogens is 204 g/mol. The van der Waals surface area contributed by atoms with E-state index in [9.17, 15) is 4.79 Å². The van der Waals surface area contributed by atoms with Crippen LogP contribution in [0.5, 0.6) is 0 Å². The average Bonchev–Trinajstić information content (AvgIpc) is 2.28. The fourth-order valence-corrected chi connectivity index (χ4v) is 1.56. The number of aliphatic hydroxyl groups excluding tert-OH is 1. The maximum atomic E-state index is 12.1. The maximum absolute atomic E-state index is 12.1. The third-order valence-corrected chi connectivity index (χ3v) is 2.27. The molecule has 1 rings (SSSR count). The molecule has 4 heteroatoms. The van der Waals surface area contributed by atoms with Crippen molar-refractivity contribution in [3.8, 4) is 0 Å². The largest absolute Gasteiger partial charge is 0.395 e. The van der Waals surface area contributed by atoms with Gasteiger partial charge in [-0.3, -0.25) is 9.78 Å². The van der Waals surface area contributed by atoms with Crippen LogP contribution >= 0.6 is 0 Å². The summed E-state index contributed by atoms with van der Waals surface area (Å²) in [5, 5.41) is 8.90. The normalized spacial score (nSPS) is 10.2. The molecule has 0 aromatic carbocycles. The molecule has 0 aliphatic rings. The fraction of sp³-hybridized carbons (Fsp3) is 0.500. The maximum Gasteiger partial charge on any atom is 0.255 e. The van der Waals surface area contributed by atoms with Crippen molar-refractivity contribution in [3.05, 3.63) is 29.6 Å². The van der Waals surface area contributed by atoms with Crippen molar-refractivity contribution in [1.29, 1.82) is 0 Å². The molecule has 0 spiro atoms. The second-order valence-electron chi connectivity index (χ2n) is 3.77. The van der Waals surface area contributed by atoms with Crippen LogP contribution in [-0.4, -0.2) is 40.6 Å². The lowest BCUT2D eigenvalue weighted by Gasteiger charge is -2.20. The number of aryl methyl sites for hydroxylation is 1. The third kappa shape index (κ3) is 3.31. The Kier molecular flexibility index (Phi) is 4.92. The first-order valence-corrected chi connectivity index (χ1v) is 5.50. The molecule has 0 unspecified atom stereocenters. The lowest BCUT2D eigenvalue weighted by Crippen LogP contribution is -2.34. The summed E-state index contributed by atoms with van der Waals surface area (Å²) in [4.78, 5) is 17.7. The number of hydrogen-bond acceptors (Lipinski definition) is 3. The Hall–Kier alpha value is -1.42. The lowest BCUT2D eigenvalue weighted by atomic mass is 10.2. The molecule has 1 aromatic heterocycles. The summed E-state index contributed by atoms with van der Waals surface area (Å²) in [6, 6.07) is 1.81. The van der Waals surface area contributed by atoms with Crippen molar-refractivity contribution in [2.45, 2.75) is 20.3 Å². The highest BCUT2D eigenvalue weighted by atomic mass is 16.3. The first kappa shape index (κ1) is 12.6. The van der Waals surface area contributed by atoms with Gasteiger partial charge >= 0.3 is 0 Å². The number of hydrogen-bond donors (Lipinski definition) is 1. The first-order valence-electron chi connectivity index (χ1n) is 5.50. The summed E-state index contributed by atoms with van der Waals surface area (Å²) in [6.07, 6.45) is 4.16. The Balaban J connectivity index is 2.81. The quantitative estimate of drug-likeness (QED) is 0.815. The Morgan fingerprint density at radius 2 is 2.19 bits per heavy atom. The van der Waals surface area contributed by atoms with Crippen molar-refractivity contribution in [3.63, 3.8) is 0 Å². The molecule has 0 radical (unpaired) electrons. The van der Waals surface area contributed by atoms with Crippen LogP contribution in [0.15, 0.2) is 18.5 Å². The number of rotatable bonds is 5. The molecule has 88 valence electrons. The first-order chi connectivity index (χ1) is 7.69. The molecule has 0 fully saturated rings. The summed E-state index contributed by atoms with van der Waals surface area (Å²) in [5.41, 5.74) is 1.55. The summed E-state index contributed by atoms with van der Waals surface area (Å²) < 4.78 is 0. The van der Waals surface area contributed by atoms with Crippen LogP contribution in [0.3, 0.4) is 0 Å². The zero-order valence-corrected chi connectivity index (χ0v) is 9.81. The minimum absolute atomic E-state index is 0.00894. The van der Waals surface area contributed by atoms with E-state index in [0.717, 1.165) is 12.0 Å². The van der Waals surface area contributed by atoms with Gasteiger partial charge in [-0.25, -0.2) is 0 Å². The van der Waals surface area contributed by atoms with E-state index in [2.05, 4.69) is 4.98 Å². The molecule has 0 atom stereocenters. The number of carbonyl (C=O) groups excluding carboxylic acids is 1. The zero-order valence-electron chi connectivity index (χ0n) is 9.81. The fourth-order valence-electron chi connectivity index (χ4n) is 1.56. The van der Waals surface area contributed by atoms with E-state index in [1.807, 2.05) is 19.9 Å². The Morgan fingerprint density at radius 3 is 2.75 bits per heavy atom. The van der Waals surface area contributed by atoms with Crippen molar-refractivity contribution in [1.82, 2.24) is 9.88 Å². The number of aliphatic hydroxyl groups is 1. The Labute approximate surface area is 95.9 Å². The zero-order chi connectivity index (χ0) is 12.0. The highest BCUT2D eigenvalue weighted by molar-refractivity contribution is 5.94. The van der Waals surface area contributed by atoms with E-state index >= 15 is 0 Å². The highest BCUT2D eigenvalue weighted by Crippen LogP contribution is 2.06. The van der Waals surface area contributed by atoms with E-state index in [1.165, 1.54) is 0 Å². The monoisotopic (exact) mass is 222 g/mol. The number of amides is 1. The predicted octanol–water partition coefficient (Wildman–Crippen LogP) is 1.23. The Morgan fingerprint density at radius 1 is 1.44 bits per heavy atom. The van der Waals surface area contributed by atoms with Gasteiger partial charge in [-0.15, -0.1) is 0 Å². The minimum atomic E-state index is -0.0629. The average molecular weight is 222 g/mol. The van der Waals surface area contributed by atoms with Crippen LogP contribution in [0, 0.1) is 6.92 Å². The summed E-state index contributed by atoms with van der Waals surface area (Å²) in [7, 11) is 0. The highest BCUT2D eigenvalue weighted by Gasteiger charge is 2.14. The van der Waals surface area contributed by atoms with E-state index in [4.69, 9.17) is 5.11 Å². The second kappa shape index (κ2) is 6.23. The van der Waals surface area contributed by atoms with E-state index in [1.54, 1.807) is 17.3 Å².